The number of rotatable bonds is 3. The smallest absolute Gasteiger partial charge is 0.255 e. The van der Waals surface area contributed by atoms with Gasteiger partial charge in [0.2, 0.25) is 11.8 Å². The first-order valence-corrected chi connectivity index (χ1v) is 10.8. The number of nitrogens with one attached hydrogen (secondary N) is 1. The van der Waals surface area contributed by atoms with Crippen LogP contribution in [-0.2, 0) is 23.2 Å². The van der Waals surface area contributed by atoms with Gasteiger partial charge in [0.25, 0.3) is 5.91 Å². The fourth-order valence-corrected chi connectivity index (χ4v) is 4.76. The van der Waals surface area contributed by atoms with E-state index < -0.39 is 11.9 Å². The van der Waals surface area contributed by atoms with Gasteiger partial charge in [-0.05, 0) is 30.2 Å². The molecule has 3 heterocycles. The second kappa shape index (κ2) is 7.76. The molecule has 1 aromatic heterocycles. The standard InChI is InChI=1S/C23H18Cl2N4O3/c1-28-11-26-20(21(28)15-3-2-4-16(24)19(15)25)12-5-6-14-13(9-12)10-29(23(14)32)17-7-8-18(30)27-22(17)31/h2-6,9,11,17H,7-8,10H2,1H3,(H,27,30,31). The normalized spacial score (nSPS) is 18.2. The van der Waals surface area contributed by atoms with E-state index in [4.69, 9.17) is 23.2 Å². The van der Waals surface area contributed by atoms with Gasteiger partial charge in [-0.2, -0.15) is 0 Å². The Balaban J connectivity index is 1.52. The molecule has 0 saturated carbocycles. The topological polar surface area (TPSA) is 84.3 Å². The molecule has 1 unspecified atom stereocenters. The maximum atomic E-state index is 13.0. The maximum absolute atomic E-state index is 13.0. The van der Waals surface area contributed by atoms with Gasteiger partial charge in [-0.15, -0.1) is 0 Å². The van der Waals surface area contributed by atoms with Crippen LogP contribution in [0.3, 0.4) is 0 Å². The van der Waals surface area contributed by atoms with Crippen LogP contribution in [-0.4, -0.2) is 38.2 Å². The summed E-state index contributed by atoms with van der Waals surface area (Å²) in [5.41, 5.74) is 4.47. The second-order valence-corrected chi connectivity index (χ2v) is 8.71. The van der Waals surface area contributed by atoms with Crippen molar-refractivity contribution in [2.45, 2.75) is 25.4 Å². The van der Waals surface area contributed by atoms with Crippen LogP contribution in [0, 0.1) is 0 Å². The predicted molar refractivity (Wildman–Crippen MR) is 120 cm³/mol. The van der Waals surface area contributed by atoms with Gasteiger partial charge in [-0.3, -0.25) is 19.7 Å². The monoisotopic (exact) mass is 468 g/mol. The number of benzene rings is 2. The van der Waals surface area contributed by atoms with E-state index in [1.807, 2.05) is 35.9 Å². The van der Waals surface area contributed by atoms with Gasteiger partial charge in [-0.25, -0.2) is 4.98 Å². The minimum atomic E-state index is -0.647. The van der Waals surface area contributed by atoms with Crippen molar-refractivity contribution in [3.63, 3.8) is 0 Å². The molecule has 1 N–H and O–H groups in total. The third-order valence-corrected chi connectivity index (χ3v) is 6.76. The highest BCUT2D eigenvalue weighted by atomic mass is 35.5. The molecule has 32 heavy (non-hydrogen) atoms. The van der Waals surface area contributed by atoms with Crippen LogP contribution in [0.1, 0.15) is 28.8 Å². The number of aromatic nitrogens is 2. The molecule has 3 amide bonds. The SMILES string of the molecule is Cn1cnc(-c2ccc3c(c2)CN(C2CCC(=O)NC2=O)C3=O)c1-c1cccc(Cl)c1Cl. The van der Waals surface area contributed by atoms with Gasteiger partial charge in [0, 0.05) is 36.7 Å². The zero-order chi connectivity index (χ0) is 22.6. The molecule has 0 radical (unpaired) electrons. The van der Waals surface area contributed by atoms with Crippen LogP contribution in [0.4, 0.5) is 0 Å². The molecule has 2 aliphatic rings. The number of carbonyl (C=O) groups excluding carboxylic acids is 3. The summed E-state index contributed by atoms with van der Waals surface area (Å²) < 4.78 is 1.88. The van der Waals surface area contributed by atoms with E-state index in [0.717, 1.165) is 22.4 Å². The van der Waals surface area contributed by atoms with Gasteiger partial charge in [-0.1, -0.05) is 41.4 Å². The quantitative estimate of drug-likeness (QED) is 0.592. The summed E-state index contributed by atoms with van der Waals surface area (Å²) in [6.45, 7) is 0.300. The van der Waals surface area contributed by atoms with Gasteiger partial charge >= 0.3 is 0 Å². The van der Waals surface area contributed by atoms with Crippen LogP contribution in [0.25, 0.3) is 22.5 Å². The molecule has 0 spiro atoms. The van der Waals surface area contributed by atoms with Gasteiger partial charge in [0.15, 0.2) is 0 Å². The van der Waals surface area contributed by atoms with Gasteiger partial charge in [0.1, 0.15) is 6.04 Å². The fraction of sp³-hybridized carbons (Fsp3) is 0.217. The number of imidazole rings is 1. The van der Waals surface area contributed by atoms with Crippen molar-refractivity contribution in [2.75, 3.05) is 0 Å². The van der Waals surface area contributed by atoms with E-state index in [9.17, 15) is 14.4 Å². The lowest BCUT2D eigenvalue weighted by molar-refractivity contribution is -0.136. The fourth-order valence-electron chi connectivity index (χ4n) is 4.37. The zero-order valence-electron chi connectivity index (χ0n) is 17.1. The van der Waals surface area contributed by atoms with Crippen molar-refractivity contribution in [1.29, 1.82) is 0 Å². The predicted octanol–water partition coefficient (Wildman–Crippen LogP) is 3.82. The van der Waals surface area contributed by atoms with E-state index in [1.165, 1.54) is 4.90 Å². The zero-order valence-corrected chi connectivity index (χ0v) is 18.6. The summed E-state index contributed by atoms with van der Waals surface area (Å²) in [5, 5.41) is 3.22. The Morgan fingerprint density at radius 3 is 2.69 bits per heavy atom. The molecular formula is C23H18Cl2N4O3. The highest BCUT2D eigenvalue weighted by molar-refractivity contribution is 6.43. The van der Waals surface area contributed by atoms with Crippen molar-refractivity contribution in [3.8, 4) is 22.5 Å². The van der Waals surface area contributed by atoms with Crippen LogP contribution in [0.15, 0.2) is 42.7 Å². The Kier molecular flexibility index (Phi) is 5.03. The van der Waals surface area contributed by atoms with E-state index in [-0.39, 0.29) is 18.2 Å². The summed E-state index contributed by atoms with van der Waals surface area (Å²) in [5.74, 6) is -0.939. The summed E-state index contributed by atoms with van der Waals surface area (Å²) >= 11 is 12.7. The summed E-state index contributed by atoms with van der Waals surface area (Å²) in [6.07, 6.45) is 2.25. The number of hydrogen-bond donors (Lipinski definition) is 1. The van der Waals surface area contributed by atoms with Crippen LogP contribution in [0.5, 0.6) is 0 Å². The minimum Gasteiger partial charge on any atom is -0.333 e. The minimum absolute atomic E-state index is 0.208. The van der Waals surface area contributed by atoms with Crippen LogP contribution >= 0.6 is 23.2 Å². The first kappa shape index (κ1) is 20.7. The highest BCUT2D eigenvalue weighted by Crippen LogP contribution is 2.39. The first-order valence-electron chi connectivity index (χ1n) is 10.1. The largest absolute Gasteiger partial charge is 0.333 e. The van der Waals surface area contributed by atoms with Gasteiger partial charge < -0.3 is 9.47 Å². The lowest BCUT2D eigenvalue weighted by Crippen LogP contribution is -2.52. The average Bonchev–Trinajstić information content (AvgIpc) is 3.30. The van der Waals surface area contributed by atoms with Crippen molar-refractivity contribution in [2.24, 2.45) is 7.05 Å². The number of halogens is 2. The Bertz CT molecular complexity index is 1300. The Morgan fingerprint density at radius 2 is 1.91 bits per heavy atom. The Hall–Kier alpha value is -3.16. The van der Waals surface area contributed by atoms with Crippen molar-refractivity contribution >= 4 is 40.9 Å². The number of fused-ring (bicyclic) bond motifs is 1. The average molecular weight is 469 g/mol. The molecule has 7 nitrogen and oxygen atoms in total. The second-order valence-electron chi connectivity index (χ2n) is 7.93. The maximum Gasteiger partial charge on any atom is 0.255 e. The van der Waals surface area contributed by atoms with E-state index in [0.29, 0.717) is 34.3 Å². The van der Waals surface area contributed by atoms with E-state index in [1.54, 1.807) is 18.5 Å². The first-order chi connectivity index (χ1) is 15.3. The Labute approximate surface area is 193 Å². The molecule has 2 aromatic carbocycles. The lowest BCUT2D eigenvalue weighted by Gasteiger charge is -2.29. The molecule has 162 valence electrons. The number of amides is 3. The summed E-state index contributed by atoms with van der Waals surface area (Å²) in [4.78, 5) is 42.8. The van der Waals surface area contributed by atoms with E-state index in [2.05, 4.69) is 10.3 Å². The van der Waals surface area contributed by atoms with E-state index >= 15 is 0 Å². The highest BCUT2D eigenvalue weighted by Gasteiger charge is 2.39. The number of piperidine rings is 1. The molecule has 3 aromatic rings. The molecule has 1 saturated heterocycles. The molecule has 0 bridgehead atoms. The van der Waals surface area contributed by atoms with Crippen molar-refractivity contribution in [1.82, 2.24) is 19.8 Å². The molecule has 1 fully saturated rings. The summed E-state index contributed by atoms with van der Waals surface area (Å²) in [6, 6.07) is 10.3. The van der Waals surface area contributed by atoms with Crippen LogP contribution in [0.2, 0.25) is 10.0 Å². The molecule has 9 heteroatoms. The lowest BCUT2D eigenvalue weighted by atomic mass is 10.0. The van der Waals surface area contributed by atoms with Gasteiger partial charge in [0.05, 0.1) is 27.8 Å². The number of nitrogens with zero attached hydrogens (tertiary/aromatic N) is 3. The number of imide groups is 1. The summed E-state index contributed by atoms with van der Waals surface area (Å²) in [7, 11) is 1.88. The molecule has 2 aliphatic heterocycles. The molecule has 5 rings (SSSR count). The van der Waals surface area contributed by atoms with Crippen molar-refractivity contribution in [3.05, 3.63) is 63.9 Å². The Morgan fingerprint density at radius 1 is 1.09 bits per heavy atom. The number of hydrogen-bond acceptors (Lipinski definition) is 4. The third-order valence-electron chi connectivity index (χ3n) is 5.94. The third kappa shape index (κ3) is 3.29. The molecule has 1 atom stereocenters. The number of aryl methyl sites for hydroxylation is 1. The van der Waals surface area contributed by atoms with Crippen LogP contribution < -0.4 is 5.32 Å². The number of carbonyl (C=O) groups is 3. The molecule has 0 aliphatic carbocycles. The molecular weight excluding hydrogens is 451 g/mol. The van der Waals surface area contributed by atoms with Crippen molar-refractivity contribution < 1.29 is 14.4 Å².